The van der Waals surface area contributed by atoms with Crippen LogP contribution < -0.4 is 11.1 Å². The molecular weight excluding hydrogens is 238 g/mol. The number of likely N-dealkylation sites (N-methyl/N-ethyl adjacent to an activating group) is 2. The Bertz CT molecular complexity index is 390. The van der Waals surface area contributed by atoms with E-state index in [0.717, 1.165) is 18.7 Å². The Morgan fingerprint density at radius 2 is 1.79 bits per heavy atom. The lowest BCUT2D eigenvalue weighted by atomic mass is 9.88. The van der Waals surface area contributed by atoms with Crippen molar-refractivity contribution in [1.29, 1.82) is 0 Å². The Hall–Kier alpha value is -1.39. The summed E-state index contributed by atoms with van der Waals surface area (Å²) in [5, 5.41) is 3.29. The van der Waals surface area contributed by atoms with Gasteiger partial charge in [0.1, 0.15) is 5.54 Å². The van der Waals surface area contributed by atoms with Gasteiger partial charge in [-0.05, 0) is 25.2 Å². The molecule has 1 amide bonds. The van der Waals surface area contributed by atoms with Gasteiger partial charge < -0.3 is 10.6 Å². The van der Waals surface area contributed by atoms with Crippen LogP contribution in [0, 0.1) is 0 Å². The topological polar surface area (TPSA) is 58.4 Å². The molecule has 106 valence electrons. The molecular formula is C15H25N3O. The monoisotopic (exact) mass is 263 g/mol. The van der Waals surface area contributed by atoms with Gasteiger partial charge >= 0.3 is 0 Å². The summed E-state index contributed by atoms with van der Waals surface area (Å²) in [5.74, 6) is -0.326. The van der Waals surface area contributed by atoms with Crippen molar-refractivity contribution >= 4 is 5.91 Å². The van der Waals surface area contributed by atoms with E-state index in [1.54, 1.807) is 0 Å². The molecule has 0 aliphatic rings. The number of amides is 1. The van der Waals surface area contributed by atoms with Crippen LogP contribution >= 0.6 is 0 Å². The van der Waals surface area contributed by atoms with Crippen LogP contribution in [0.3, 0.4) is 0 Å². The molecule has 1 aromatic rings. The number of benzene rings is 1. The second-order valence-corrected chi connectivity index (χ2v) is 4.63. The molecule has 0 saturated carbocycles. The highest BCUT2D eigenvalue weighted by atomic mass is 16.1. The minimum atomic E-state index is -0.817. The van der Waals surface area contributed by atoms with Crippen LogP contribution in [0.2, 0.25) is 0 Å². The maximum absolute atomic E-state index is 12.1. The third-order valence-electron chi connectivity index (χ3n) is 3.52. The van der Waals surface area contributed by atoms with E-state index in [-0.39, 0.29) is 5.91 Å². The van der Waals surface area contributed by atoms with Gasteiger partial charge in [-0.2, -0.15) is 0 Å². The van der Waals surface area contributed by atoms with Crippen molar-refractivity contribution in [3.05, 3.63) is 35.9 Å². The molecule has 4 nitrogen and oxygen atoms in total. The van der Waals surface area contributed by atoms with Gasteiger partial charge in [-0.1, -0.05) is 51.1 Å². The maximum Gasteiger partial charge on any atom is 0.243 e. The van der Waals surface area contributed by atoms with Gasteiger partial charge in [0.25, 0.3) is 0 Å². The van der Waals surface area contributed by atoms with Crippen molar-refractivity contribution in [3.8, 4) is 0 Å². The first kappa shape index (κ1) is 15.7. The lowest BCUT2D eigenvalue weighted by molar-refractivity contribution is -0.125. The van der Waals surface area contributed by atoms with Crippen LogP contribution in [-0.2, 0) is 10.3 Å². The molecule has 3 N–H and O–H groups in total. The van der Waals surface area contributed by atoms with E-state index in [2.05, 4.69) is 24.1 Å². The summed E-state index contributed by atoms with van der Waals surface area (Å²) in [6.45, 7) is 9.24. The molecule has 0 saturated heterocycles. The highest BCUT2D eigenvalue weighted by Gasteiger charge is 2.38. The van der Waals surface area contributed by atoms with E-state index in [9.17, 15) is 4.79 Å². The summed E-state index contributed by atoms with van der Waals surface area (Å²) < 4.78 is 0. The number of primary amides is 1. The number of carbonyl (C=O) groups is 1. The highest BCUT2D eigenvalue weighted by Crippen LogP contribution is 2.22. The predicted molar refractivity (Wildman–Crippen MR) is 78.8 cm³/mol. The third kappa shape index (κ3) is 3.55. The van der Waals surface area contributed by atoms with E-state index in [1.807, 2.05) is 37.3 Å². The number of rotatable bonds is 8. The molecule has 0 heterocycles. The quantitative estimate of drug-likeness (QED) is 0.743. The minimum absolute atomic E-state index is 0.326. The molecule has 4 heteroatoms. The van der Waals surface area contributed by atoms with Crippen LogP contribution in [0.25, 0.3) is 0 Å². The van der Waals surface area contributed by atoms with Gasteiger partial charge in [0.15, 0.2) is 0 Å². The lowest BCUT2D eigenvalue weighted by Gasteiger charge is -2.36. The molecule has 1 unspecified atom stereocenters. The number of nitrogens with zero attached hydrogens (tertiary/aromatic N) is 1. The molecule has 1 rings (SSSR count). The number of carbonyl (C=O) groups excluding carboxylic acids is 1. The van der Waals surface area contributed by atoms with Crippen molar-refractivity contribution in [2.24, 2.45) is 5.73 Å². The number of nitrogens with two attached hydrogens (primary N) is 1. The van der Waals surface area contributed by atoms with Gasteiger partial charge in [-0.3, -0.25) is 10.1 Å². The summed E-state index contributed by atoms with van der Waals surface area (Å²) in [6, 6.07) is 9.73. The van der Waals surface area contributed by atoms with Crippen molar-refractivity contribution < 1.29 is 4.79 Å². The molecule has 0 aromatic heterocycles. The molecule has 0 fully saturated rings. The van der Waals surface area contributed by atoms with Gasteiger partial charge in [-0.25, -0.2) is 0 Å². The minimum Gasteiger partial charge on any atom is -0.368 e. The Labute approximate surface area is 116 Å². The third-order valence-corrected chi connectivity index (χ3v) is 3.52. The number of nitrogens with one attached hydrogen (secondary N) is 1. The predicted octanol–water partition coefficient (Wildman–Crippen LogP) is 1.32. The summed E-state index contributed by atoms with van der Waals surface area (Å²) in [7, 11) is 0. The standard InChI is InChI=1S/C15H25N3O/c1-4-17-15(14(16)19,12-18(5-2)6-3)13-10-8-7-9-11-13/h7-11,17H,4-6,12H2,1-3H3,(H2,16,19). The average molecular weight is 263 g/mol. The van der Waals surface area contributed by atoms with Crippen molar-refractivity contribution in [2.75, 3.05) is 26.2 Å². The first-order valence-corrected chi connectivity index (χ1v) is 6.93. The smallest absolute Gasteiger partial charge is 0.243 e. The zero-order chi connectivity index (χ0) is 14.3. The normalized spacial score (nSPS) is 14.3. The Morgan fingerprint density at radius 1 is 1.21 bits per heavy atom. The number of hydrogen-bond donors (Lipinski definition) is 2. The van der Waals surface area contributed by atoms with E-state index in [4.69, 9.17) is 5.73 Å². The first-order valence-electron chi connectivity index (χ1n) is 6.93. The fraction of sp³-hybridized carbons (Fsp3) is 0.533. The van der Waals surface area contributed by atoms with Crippen LogP contribution in [0.1, 0.15) is 26.3 Å². The largest absolute Gasteiger partial charge is 0.368 e. The van der Waals surface area contributed by atoms with Crippen molar-refractivity contribution in [1.82, 2.24) is 10.2 Å². The second-order valence-electron chi connectivity index (χ2n) is 4.63. The maximum atomic E-state index is 12.1. The lowest BCUT2D eigenvalue weighted by Crippen LogP contribution is -2.59. The zero-order valence-electron chi connectivity index (χ0n) is 12.1. The Kier molecular flexibility index (Phi) is 5.99. The average Bonchev–Trinajstić information content (AvgIpc) is 2.44. The molecule has 0 aliphatic carbocycles. The van der Waals surface area contributed by atoms with E-state index < -0.39 is 5.54 Å². The molecule has 0 spiro atoms. The summed E-state index contributed by atoms with van der Waals surface area (Å²) in [4.78, 5) is 14.3. The molecule has 0 aliphatic heterocycles. The van der Waals surface area contributed by atoms with Crippen LogP contribution in [0.5, 0.6) is 0 Å². The molecule has 19 heavy (non-hydrogen) atoms. The van der Waals surface area contributed by atoms with Crippen molar-refractivity contribution in [2.45, 2.75) is 26.3 Å². The SMILES string of the molecule is CCNC(CN(CC)CC)(C(N)=O)c1ccccc1. The summed E-state index contributed by atoms with van der Waals surface area (Å²) in [6.07, 6.45) is 0. The fourth-order valence-electron chi connectivity index (χ4n) is 2.36. The molecule has 1 aromatic carbocycles. The van der Waals surface area contributed by atoms with Crippen molar-refractivity contribution in [3.63, 3.8) is 0 Å². The highest BCUT2D eigenvalue weighted by molar-refractivity contribution is 5.86. The van der Waals surface area contributed by atoms with Crippen LogP contribution in [0.15, 0.2) is 30.3 Å². The molecule has 0 radical (unpaired) electrons. The van der Waals surface area contributed by atoms with Crippen LogP contribution in [0.4, 0.5) is 0 Å². The van der Waals surface area contributed by atoms with Gasteiger partial charge in [0.05, 0.1) is 0 Å². The van der Waals surface area contributed by atoms with Gasteiger partial charge in [-0.15, -0.1) is 0 Å². The van der Waals surface area contributed by atoms with Gasteiger partial charge in [0, 0.05) is 6.54 Å². The zero-order valence-corrected chi connectivity index (χ0v) is 12.1. The van der Waals surface area contributed by atoms with E-state index in [1.165, 1.54) is 0 Å². The van der Waals surface area contributed by atoms with E-state index >= 15 is 0 Å². The Balaban J connectivity index is 3.18. The van der Waals surface area contributed by atoms with E-state index in [0.29, 0.717) is 13.1 Å². The Morgan fingerprint density at radius 3 is 2.21 bits per heavy atom. The van der Waals surface area contributed by atoms with Crippen LogP contribution in [-0.4, -0.2) is 37.0 Å². The fourth-order valence-corrected chi connectivity index (χ4v) is 2.36. The molecule has 1 atom stereocenters. The number of hydrogen-bond acceptors (Lipinski definition) is 3. The summed E-state index contributed by atoms with van der Waals surface area (Å²) >= 11 is 0. The van der Waals surface area contributed by atoms with Gasteiger partial charge in [0.2, 0.25) is 5.91 Å². The summed E-state index contributed by atoms with van der Waals surface area (Å²) in [5.41, 5.74) is 5.83. The molecule has 0 bridgehead atoms. The second kappa shape index (κ2) is 7.26. The first-order chi connectivity index (χ1) is 9.10.